The molecule has 24 heavy (non-hydrogen) atoms. The van der Waals surface area contributed by atoms with Crippen LogP contribution in [0.15, 0.2) is 24.3 Å². The fourth-order valence-corrected chi connectivity index (χ4v) is 2.48. The molecule has 0 heterocycles. The lowest BCUT2D eigenvalue weighted by Gasteiger charge is -2.22. The maximum atomic E-state index is 12.4. The van der Waals surface area contributed by atoms with E-state index in [2.05, 4.69) is 10.6 Å². The Morgan fingerprint density at radius 1 is 1.08 bits per heavy atom. The molecule has 2 amide bonds. The highest BCUT2D eigenvalue weighted by Gasteiger charge is 2.26. The predicted molar refractivity (Wildman–Crippen MR) is 91.5 cm³/mol. The minimum absolute atomic E-state index is 0.187. The number of hydrogen-bond acceptors (Lipinski definition) is 3. The Kier molecular flexibility index (Phi) is 7.42. The highest BCUT2D eigenvalue weighted by molar-refractivity contribution is 5.90. The largest absolute Gasteiger partial charge is 0.480 e. The number of nitrogens with one attached hydrogen (secondary N) is 2. The van der Waals surface area contributed by atoms with Gasteiger partial charge in [-0.15, -0.1) is 0 Å². The summed E-state index contributed by atoms with van der Waals surface area (Å²) in [6.07, 6.45) is 0.643. The number of carbonyl (C=O) groups is 3. The summed E-state index contributed by atoms with van der Waals surface area (Å²) in [5, 5.41) is 14.6. The van der Waals surface area contributed by atoms with Crippen LogP contribution in [0.2, 0.25) is 0 Å². The zero-order valence-electron chi connectivity index (χ0n) is 14.6. The van der Waals surface area contributed by atoms with E-state index in [1.807, 2.05) is 45.0 Å². The van der Waals surface area contributed by atoms with E-state index in [0.717, 1.165) is 11.1 Å². The van der Waals surface area contributed by atoms with Gasteiger partial charge in [0.1, 0.15) is 12.1 Å². The summed E-state index contributed by atoms with van der Waals surface area (Å²) in [6, 6.07) is 5.68. The molecule has 1 aromatic carbocycles. The van der Waals surface area contributed by atoms with Gasteiger partial charge in [0.05, 0.1) is 0 Å². The highest BCUT2D eigenvalue weighted by Crippen LogP contribution is 2.11. The maximum Gasteiger partial charge on any atom is 0.326 e. The molecule has 0 saturated heterocycles. The SMILES string of the molecule is CC(=O)N[C@@H](CC(C)C)C(=O)N[C@@H](Cc1ccccc1C)C(=O)O. The lowest BCUT2D eigenvalue weighted by atomic mass is 9.99. The second-order valence-electron chi connectivity index (χ2n) is 6.41. The molecule has 0 aliphatic heterocycles. The first-order valence-electron chi connectivity index (χ1n) is 8.05. The number of aryl methyl sites for hydroxylation is 1. The molecule has 0 radical (unpaired) electrons. The summed E-state index contributed by atoms with van der Waals surface area (Å²) in [4.78, 5) is 35.2. The van der Waals surface area contributed by atoms with Crippen molar-refractivity contribution in [1.82, 2.24) is 10.6 Å². The van der Waals surface area contributed by atoms with Gasteiger partial charge in [-0.3, -0.25) is 9.59 Å². The van der Waals surface area contributed by atoms with Gasteiger partial charge in [0.15, 0.2) is 0 Å². The maximum absolute atomic E-state index is 12.4. The van der Waals surface area contributed by atoms with Crippen molar-refractivity contribution in [3.63, 3.8) is 0 Å². The lowest BCUT2D eigenvalue weighted by Crippen LogP contribution is -2.52. The summed E-state index contributed by atoms with van der Waals surface area (Å²) in [5.74, 6) is -1.70. The number of carboxylic acid groups (broad SMARTS) is 1. The highest BCUT2D eigenvalue weighted by atomic mass is 16.4. The molecule has 6 heteroatoms. The van der Waals surface area contributed by atoms with E-state index in [0.29, 0.717) is 6.42 Å². The third-order valence-corrected chi connectivity index (χ3v) is 3.70. The van der Waals surface area contributed by atoms with Gasteiger partial charge in [-0.2, -0.15) is 0 Å². The molecule has 0 aliphatic rings. The third-order valence-electron chi connectivity index (χ3n) is 3.70. The van der Waals surface area contributed by atoms with E-state index in [1.165, 1.54) is 6.92 Å². The normalized spacial score (nSPS) is 13.2. The molecule has 0 spiro atoms. The second-order valence-corrected chi connectivity index (χ2v) is 6.41. The number of aliphatic carboxylic acids is 1. The van der Waals surface area contributed by atoms with E-state index in [-0.39, 0.29) is 18.2 Å². The zero-order valence-corrected chi connectivity index (χ0v) is 14.6. The Hall–Kier alpha value is -2.37. The first-order chi connectivity index (χ1) is 11.2. The van der Waals surface area contributed by atoms with Crippen LogP contribution in [0.5, 0.6) is 0 Å². The van der Waals surface area contributed by atoms with Gasteiger partial charge in [-0.25, -0.2) is 4.79 Å². The van der Waals surface area contributed by atoms with Gasteiger partial charge in [-0.1, -0.05) is 38.1 Å². The first-order valence-corrected chi connectivity index (χ1v) is 8.05. The van der Waals surface area contributed by atoms with Crippen LogP contribution in [0, 0.1) is 12.8 Å². The minimum atomic E-state index is -1.10. The first kappa shape index (κ1) is 19.7. The van der Waals surface area contributed by atoms with Gasteiger partial charge in [0, 0.05) is 13.3 Å². The van der Waals surface area contributed by atoms with E-state index in [1.54, 1.807) is 0 Å². The molecular formula is C18H26N2O4. The van der Waals surface area contributed by atoms with Gasteiger partial charge in [0.25, 0.3) is 0 Å². The molecule has 1 aromatic rings. The fourth-order valence-electron chi connectivity index (χ4n) is 2.48. The van der Waals surface area contributed by atoms with Gasteiger partial charge >= 0.3 is 5.97 Å². The lowest BCUT2D eigenvalue weighted by molar-refractivity contribution is -0.142. The quantitative estimate of drug-likeness (QED) is 0.674. The molecule has 0 saturated carbocycles. The van der Waals surface area contributed by atoms with E-state index < -0.39 is 24.0 Å². The van der Waals surface area contributed by atoms with Gasteiger partial charge in [-0.05, 0) is 30.4 Å². The Balaban J connectivity index is 2.85. The summed E-state index contributed by atoms with van der Waals surface area (Å²) in [7, 11) is 0. The van der Waals surface area contributed by atoms with Crippen LogP contribution in [-0.2, 0) is 20.8 Å². The van der Waals surface area contributed by atoms with Crippen LogP contribution in [0.3, 0.4) is 0 Å². The molecule has 1 rings (SSSR count). The number of carboxylic acids is 1. The molecule has 132 valence electrons. The van der Waals surface area contributed by atoms with E-state index >= 15 is 0 Å². The Bertz CT molecular complexity index is 598. The van der Waals surface area contributed by atoms with Crippen molar-refractivity contribution < 1.29 is 19.5 Å². The molecule has 0 bridgehead atoms. The zero-order chi connectivity index (χ0) is 18.3. The van der Waals surface area contributed by atoms with Crippen molar-refractivity contribution in [2.24, 2.45) is 5.92 Å². The van der Waals surface area contributed by atoms with Crippen molar-refractivity contribution in [3.05, 3.63) is 35.4 Å². The van der Waals surface area contributed by atoms with Crippen molar-refractivity contribution >= 4 is 17.8 Å². The predicted octanol–water partition coefficient (Wildman–Crippen LogP) is 1.66. The van der Waals surface area contributed by atoms with Crippen molar-refractivity contribution in [1.29, 1.82) is 0 Å². The monoisotopic (exact) mass is 334 g/mol. The average Bonchev–Trinajstić information content (AvgIpc) is 2.46. The van der Waals surface area contributed by atoms with Crippen LogP contribution < -0.4 is 10.6 Å². The summed E-state index contributed by atoms with van der Waals surface area (Å²) in [6.45, 7) is 7.10. The molecular weight excluding hydrogens is 308 g/mol. The third kappa shape index (κ3) is 6.40. The summed E-state index contributed by atoms with van der Waals surface area (Å²) >= 11 is 0. The van der Waals surface area contributed by atoms with Crippen LogP contribution in [0.4, 0.5) is 0 Å². The number of hydrogen-bond donors (Lipinski definition) is 3. The molecule has 2 atom stereocenters. The van der Waals surface area contributed by atoms with Crippen LogP contribution in [0.25, 0.3) is 0 Å². The fraction of sp³-hybridized carbons (Fsp3) is 0.500. The molecule has 0 aliphatic carbocycles. The van der Waals surface area contributed by atoms with Crippen LogP contribution in [-0.4, -0.2) is 35.0 Å². The average molecular weight is 334 g/mol. The van der Waals surface area contributed by atoms with Crippen molar-refractivity contribution in [2.75, 3.05) is 0 Å². The topological polar surface area (TPSA) is 95.5 Å². The van der Waals surface area contributed by atoms with Crippen LogP contribution in [0.1, 0.15) is 38.3 Å². The number of amides is 2. The van der Waals surface area contributed by atoms with Crippen molar-refractivity contribution in [2.45, 2.75) is 52.6 Å². The molecule has 3 N–H and O–H groups in total. The molecule has 6 nitrogen and oxygen atoms in total. The Morgan fingerprint density at radius 3 is 2.21 bits per heavy atom. The van der Waals surface area contributed by atoms with Crippen molar-refractivity contribution in [3.8, 4) is 0 Å². The summed E-state index contributed by atoms with van der Waals surface area (Å²) in [5.41, 5.74) is 1.84. The number of benzene rings is 1. The molecule has 0 fully saturated rings. The van der Waals surface area contributed by atoms with E-state index in [4.69, 9.17) is 0 Å². The van der Waals surface area contributed by atoms with Crippen LogP contribution >= 0.6 is 0 Å². The number of carbonyl (C=O) groups excluding carboxylic acids is 2. The minimum Gasteiger partial charge on any atom is -0.480 e. The standard InChI is InChI=1S/C18H26N2O4/c1-11(2)9-15(19-13(4)21)17(22)20-16(18(23)24)10-14-8-6-5-7-12(14)3/h5-8,11,15-16H,9-10H2,1-4H3,(H,19,21)(H,20,22)(H,23,24)/t15-,16-/m0/s1. The number of rotatable bonds is 8. The van der Waals surface area contributed by atoms with Gasteiger partial charge < -0.3 is 15.7 Å². The second kappa shape index (κ2) is 9.05. The Morgan fingerprint density at radius 2 is 1.71 bits per heavy atom. The molecule has 0 aromatic heterocycles. The molecule has 0 unspecified atom stereocenters. The van der Waals surface area contributed by atoms with E-state index in [9.17, 15) is 19.5 Å². The Labute approximate surface area is 142 Å². The van der Waals surface area contributed by atoms with Gasteiger partial charge in [0.2, 0.25) is 11.8 Å². The summed E-state index contributed by atoms with van der Waals surface area (Å²) < 4.78 is 0. The smallest absolute Gasteiger partial charge is 0.326 e.